The topological polar surface area (TPSA) is 106 Å². The van der Waals surface area contributed by atoms with Gasteiger partial charge < -0.3 is 19.3 Å². The minimum Gasteiger partial charge on any atom is -0.460 e. The van der Waals surface area contributed by atoms with Gasteiger partial charge in [-0.05, 0) is 35.6 Å². The third kappa shape index (κ3) is 5.54. The molecule has 0 radical (unpaired) electrons. The van der Waals surface area contributed by atoms with Gasteiger partial charge in [0.1, 0.15) is 24.2 Å². The molecule has 7 heteroatoms. The summed E-state index contributed by atoms with van der Waals surface area (Å²) in [7, 11) is 0. The number of carbonyl (C=O) groups excluding carboxylic acids is 2. The van der Waals surface area contributed by atoms with Crippen LogP contribution in [0.3, 0.4) is 0 Å². The first-order valence-electron chi connectivity index (χ1n) is 10.3. The fraction of sp³-hybridized carbons (Fsp3) is 0.320. The summed E-state index contributed by atoms with van der Waals surface area (Å²) in [6, 6.07) is 18.1. The Bertz CT molecular complexity index is 1020. The number of ether oxygens (including phenoxy) is 3. The monoisotopic (exact) mass is 435 g/mol. The Hall–Kier alpha value is -3.63. The van der Waals surface area contributed by atoms with E-state index in [1.807, 2.05) is 50.2 Å². The molecule has 1 unspecified atom stereocenters. The van der Waals surface area contributed by atoms with E-state index in [0.717, 1.165) is 0 Å². The van der Waals surface area contributed by atoms with Crippen LogP contribution in [0, 0.1) is 28.6 Å². The van der Waals surface area contributed by atoms with Gasteiger partial charge in [-0.15, -0.1) is 0 Å². The molecule has 0 heterocycles. The molecule has 2 aromatic rings. The highest BCUT2D eigenvalue weighted by molar-refractivity contribution is 5.83. The molecule has 2 aromatic carbocycles. The Balaban J connectivity index is 1.65. The average molecular weight is 435 g/mol. The van der Waals surface area contributed by atoms with Crippen LogP contribution in [0.1, 0.15) is 25.5 Å². The van der Waals surface area contributed by atoms with Crippen LogP contribution >= 0.6 is 0 Å². The number of nitrogens with zero attached hydrogens (tertiary/aromatic N) is 1. The van der Waals surface area contributed by atoms with Crippen molar-refractivity contribution in [3.63, 3.8) is 0 Å². The van der Waals surface area contributed by atoms with E-state index in [2.05, 4.69) is 0 Å². The van der Waals surface area contributed by atoms with Crippen molar-refractivity contribution in [1.29, 1.82) is 5.26 Å². The van der Waals surface area contributed by atoms with Gasteiger partial charge in [-0.2, -0.15) is 5.26 Å². The third-order valence-corrected chi connectivity index (χ3v) is 5.43. The number of rotatable bonds is 9. The first-order valence-corrected chi connectivity index (χ1v) is 10.3. The predicted molar refractivity (Wildman–Crippen MR) is 115 cm³/mol. The number of hydrogen-bond acceptors (Lipinski definition) is 7. The molecule has 0 saturated heterocycles. The Kier molecular flexibility index (Phi) is 7.29. The van der Waals surface area contributed by atoms with E-state index < -0.39 is 29.4 Å². The molecule has 166 valence electrons. The highest BCUT2D eigenvalue weighted by Crippen LogP contribution is 2.59. The van der Waals surface area contributed by atoms with Crippen LogP contribution in [0.15, 0.2) is 66.7 Å². The fourth-order valence-corrected chi connectivity index (χ4v) is 3.59. The van der Waals surface area contributed by atoms with Gasteiger partial charge in [-0.25, -0.2) is 4.79 Å². The van der Waals surface area contributed by atoms with Crippen LogP contribution in [0.25, 0.3) is 0 Å². The quantitative estimate of drug-likeness (QED) is 0.469. The molecular formula is C25H25NO6. The first-order chi connectivity index (χ1) is 15.4. The predicted octanol–water partition coefficient (Wildman–Crippen LogP) is 3.95. The highest BCUT2D eigenvalue weighted by Gasteiger charge is 2.61. The van der Waals surface area contributed by atoms with E-state index in [4.69, 9.17) is 19.3 Å². The molecular weight excluding hydrogens is 410 g/mol. The van der Waals surface area contributed by atoms with Gasteiger partial charge in [-0.1, -0.05) is 50.3 Å². The zero-order valence-corrected chi connectivity index (χ0v) is 17.9. The van der Waals surface area contributed by atoms with Gasteiger partial charge in [0.25, 0.3) is 0 Å². The summed E-state index contributed by atoms with van der Waals surface area (Å²) in [4.78, 5) is 24.4. The summed E-state index contributed by atoms with van der Waals surface area (Å²) < 4.78 is 16.1. The van der Waals surface area contributed by atoms with Crippen molar-refractivity contribution in [2.45, 2.75) is 20.0 Å². The van der Waals surface area contributed by atoms with Crippen molar-refractivity contribution in [2.75, 3.05) is 13.2 Å². The fourth-order valence-electron chi connectivity index (χ4n) is 3.59. The van der Waals surface area contributed by atoms with E-state index in [9.17, 15) is 14.9 Å². The van der Waals surface area contributed by atoms with Gasteiger partial charge in [0.05, 0.1) is 12.5 Å². The molecule has 0 amide bonds. The van der Waals surface area contributed by atoms with Crippen molar-refractivity contribution in [1.82, 2.24) is 0 Å². The summed E-state index contributed by atoms with van der Waals surface area (Å²) in [5.74, 6) is -0.609. The van der Waals surface area contributed by atoms with Gasteiger partial charge >= 0.3 is 11.9 Å². The van der Waals surface area contributed by atoms with E-state index in [1.54, 1.807) is 30.3 Å². The van der Waals surface area contributed by atoms with Crippen molar-refractivity contribution < 1.29 is 28.9 Å². The second kappa shape index (κ2) is 10.1. The van der Waals surface area contributed by atoms with Crippen LogP contribution in [0.2, 0.25) is 0 Å². The van der Waals surface area contributed by atoms with Crippen LogP contribution in [0.5, 0.6) is 11.5 Å². The first kappa shape index (κ1) is 23.0. The van der Waals surface area contributed by atoms with Crippen LogP contribution in [-0.2, 0) is 19.1 Å². The Morgan fingerprint density at radius 1 is 1.16 bits per heavy atom. The van der Waals surface area contributed by atoms with E-state index in [0.29, 0.717) is 17.1 Å². The second-order valence-corrected chi connectivity index (χ2v) is 8.01. The molecule has 1 N–H and O–H groups in total. The van der Waals surface area contributed by atoms with Crippen molar-refractivity contribution >= 4 is 11.9 Å². The minimum atomic E-state index is -1.09. The lowest BCUT2D eigenvalue weighted by molar-refractivity contribution is -0.149. The molecule has 3 atom stereocenters. The maximum Gasteiger partial charge on any atom is 0.330 e. The molecule has 3 rings (SSSR count). The van der Waals surface area contributed by atoms with E-state index in [1.165, 1.54) is 6.08 Å². The molecule has 0 spiro atoms. The standard InChI is InChI=1S/C25H25NO6/c1-25(2)20(11-12-22(28)30-14-13-27)23(25)24(29)32-21(16-26)17-7-6-10-19(15-17)31-18-8-4-3-5-9-18/h3-12,15,20-21,23,27H,13-14H2,1-2H3/t20-,21?,23-/m0/s1. The molecule has 32 heavy (non-hydrogen) atoms. The molecule has 1 fully saturated rings. The normalized spacial score (nSPS) is 19.6. The molecule has 1 aliphatic rings. The molecule has 0 aliphatic heterocycles. The number of carbonyl (C=O) groups is 2. The van der Waals surface area contributed by atoms with Crippen molar-refractivity contribution in [2.24, 2.45) is 17.3 Å². The number of aliphatic hydroxyl groups excluding tert-OH is 1. The van der Waals surface area contributed by atoms with Crippen LogP contribution in [0.4, 0.5) is 0 Å². The van der Waals surface area contributed by atoms with E-state index in [-0.39, 0.29) is 19.1 Å². The summed E-state index contributed by atoms with van der Waals surface area (Å²) >= 11 is 0. The average Bonchev–Trinajstić information content (AvgIpc) is 3.35. The maximum absolute atomic E-state index is 12.8. The van der Waals surface area contributed by atoms with Crippen LogP contribution in [-0.4, -0.2) is 30.3 Å². The SMILES string of the molecule is CC1(C)[C@H](C(=O)OC(C#N)c2cccc(Oc3ccccc3)c2)[C@@H]1C=CC(=O)OCCO. The largest absolute Gasteiger partial charge is 0.460 e. The van der Waals surface area contributed by atoms with Gasteiger partial charge in [0.15, 0.2) is 0 Å². The lowest BCUT2D eigenvalue weighted by Crippen LogP contribution is -2.14. The Labute approximate surface area is 186 Å². The minimum absolute atomic E-state index is 0.0837. The Morgan fingerprint density at radius 3 is 2.56 bits per heavy atom. The molecule has 1 aliphatic carbocycles. The number of benzene rings is 2. The maximum atomic E-state index is 12.8. The molecule has 7 nitrogen and oxygen atoms in total. The number of para-hydroxylation sites is 1. The number of hydrogen-bond donors (Lipinski definition) is 1. The van der Waals surface area contributed by atoms with Crippen molar-refractivity contribution in [3.8, 4) is 17.6 Å². The lowest BCUT2D eigenvalue weighted by Gasteiger charge is -2.13. The van der Waals surface area contributed by atoms with E-state index >= 15 is 0 Å². The van der Waals surface area contributed by atoms with Crippen molar-refractivity contribution in [3.05, 3.63) is 72.3 Å². The third-order valence-electron chi connectivity index (χ3n) is 5.43. The number of allylic oxidation sites excluding steroid dienone is 1. The van der Waals surface area contributed by atoms with Gasteiger partial charge in [0, 0.05) is 11.6 Å². The lowest BCUT2D eigenvalue weighted by atomic mass is 10.1. The molecule has 1 saturated carbocycles. The number of nitriles is 1. The van der Waals surface area contributed by atoms with Gasteiger partial charge in [0.2, 0.25) is 6.10 Å². The summed E-state index contributed by atoms with van der Waals surface area (Å²) in [6.07, 6.45) is 1.78. The molecule has 0 bridgehead atoms. The highest BCUT2D eigenvalue weighted by atomic mass is 16.5. The summed E-state index contributed by atoms with van der Waals surface area (Å²) in [6.45, 7) is 3.45. The molecule has 0 aromatic heterocycles. The smallest absolute Gasteiger partial charge is 0.330 e. The second-order valence-electron chi connectivity index (χ2n) is 8.01. The number of esters is 2. The van der Waals surface area contributed by atoms with Gasteiger partial charge in [-0.3, -0.25) is 4.79 Å². The summed E-state index contributed by atoms with van der Waals surface area (Å²) in [5.41, 5.74) is 0.0933. The zero-order chi connectivity index (χ0) is 23.1. The zero-order valence-electron chi connectivity index (χ0n) is 17.9. The summed E-state index contributed by atoms with van der Waals surface area (Å²) in [5, 5.41) is 18.3. The van der Waals surface area contributed by atoms with Crippen LogP contribution < -0.4 is 4.74 Å². The number of aliphatic hydroxyl groups is 1. The Morgan fingerprint density at radius 2 is 1.88 bits per heavy atom.